The average molecular weight is 283 g/mol. The zero-order chi connectivity index (χ0) is 14.3. The van der Waals surface area contributed by atoms with E-state index in [4.69, 9.17) is 0 Å². The number of rotatable bonds is 1. The molecule has 0 spiro atoms. The van der Waals surface area contributed by atoms with Gasteiger partial charge in [-0.25, -0.2) is 0 Å². The van der Waals surface area contributed by atoms with Gasteiger partial charge >= 0.3 is 12.4 Å². The van der Waals surface area contributed by atoms with Crippen LogP contribution in [0.4, 0.5) is 26.3 Å². The van der Waals surface area contributed by atoms with Crippen molar-refractivity contribution in [3.05, 3.63) is 34.9 Å². The Balaban J connectivity index is 2.49. The Hall–Kier alpha value is -1.24. The van der Waals surface area contributed by atoms with Crippen molar-refractivity contribution >= 4 is 0 Å². The van der Waals surface area contributed by atoms with E-state index in [-0.39, 0.29) is 11.6 Å². The molecule has 1 aromatic carbocycles. The van der Waals surface area contributed by atoms with Gasteiger partial charge in [0.25, 0.3) is 0 Å². The quantitative estimate of drug-likeness (QED) is 0.763. The molecule has 1 heterocycles. The van der Waals surface area contributed by atoms with Crippen LogP contribution in [0.5, 0.6) is 0 Å². The van der Waals surface area contributed by atoms with Crippen molar-refractivity contribution < 1.29 is 26.3 Å². The number of alkyl halides is 6. The summed E-state index contributed by atoms with van der Waals surface area (Å²) >= 11 is 0. The van der Waals surface area contributed by atoms with Crippen LogP contribution in [0.15, 0.2) is 18.2 Å². The largest absolute Gasteiger partial charge is 0.416 e. The third-order valence-corrected chi connectivity index (χ3v) is 3.12. The molecule has 1 nitrogen and oxygen atoms in total. The lowest BCUT2D eigenvalue weighted by molar-refractivity contribution is -0.143. The van der Waals surface area contributed by atoms with Crippen LogP contribution in [0.3, 0.4) is 0 Å². The minimum Gasteiger partial charge on any atom is -0.310 e. The molecule has 2 rings (SSSR count). The van der Waals surface area contributed by atoms with E-state index < -0.39 is 29.5 Å². The number of nitrogens with one attached hydrogen (secondary N) is 1. The second-order valence-electron chi connectivity index (χ2n) is 4.45. The summed E-state index contributed by atoms with van der Waals surface area (Å²) in [5, 5.41) is 2.86. The number of hydrogen-bond donors (Lipinski definition) is 1. The molecule has 0 aliphatic carbocycles. The standard InChI is InChI=1S/C12H11F6N/c13-11(14,15)7-3-4-8(10-2-1-5-19-10)9(6-7)12(16,17)18/h3-4,6,10,19H,1-2,5H2/t10-/m0/s1. The lowest BCUT2D eigenvalue weighted by Crippen LogP contribution is -2.20. The Morgan fingerprint density at radius 1 is 1.00 bits per heavy atom. The molecule has 0 unspecified atom stereocenters. The molecule has 0 aromatic heterocycles. The van der Waals surface area contributed by atoms with Gasteiger partial charge in [0.15, 0.2) is 0 Å². The maximum Gasteiger partial charge on any atom is 0.416 e. The summed E-state index contributed by atoms with van der Waals surface area (Å²) in [6.45, 7) is 0.572. The van der Waals surface area contributed by atoms with Crippen LogP contribution in [-0.2, 0) is 12.4 Å². The van der Waals surface area contributed by atoms with Gasteiger partial charge in [-0.2, -0.15) is 26.3 Å². The SMILES string of the molecule is FC(F)(F)c1ccc([C@@H]2CCCN2)c(C(F)(F)F)c1. The van der Waals surface area contributed by atoms with E-state index in [1.54, 1.807) is 0 Å². The highest BCUT2D eigenvalue weighted by atomic mass is 19.4. The van der Waals surface area contributed by atoms with Crippen LogP contribution >= 0.6 is 0 Å². The molecule has 1 aromatic rings. The first kappa shape index (κ1) is 14.2. The van der Waals surface area contributed by atoms with Gasteiger partial charge in [-0.1, -0.05) is 6.07 Å². The third kappa shape index (κ3) is 3.02. The topological polar surface area (TPSA) is 12.0 Å². The lowest BCUT2D eigenvalue weighted by Gasteiger charge is -2.19. The summed E-state index contributed by atoms with van der Waals surface area (Å²) < 4.78 is 76.1. The second kappa shape index (κ2) is 4.70. The monoisotopic (exact) mass is 283 g/mol. The fourth-order valence-electron chi connectivity index (χ4n) is 2.23. The third-order valence-electron chi connectivity index (χ3n) is 3.12. The van der Waals surface area contributed by atoms with Crippen molar-refractivity contribution in [2.75, 3.05) is 6.54 Å². The summed E-state index contributed by atoms with van der Waals surface area (Å²) in [5.74, 6) is 0. The van der Waals surface area contributed by atoms with E-state index in [0.29, 0.717) is 25.5 Å². The highest BCUT2D eigenvalue weighted by molar-refractivity contribution is 5.38. The number of halogens is 6. The first-order valence-corrected chi connectivity index (χ1v) is 5.71. The van der Waals surface area contributed by atoms with Crippen molar-refractivity contribution in [2.24, 2.45) is 0 Å². The molecular formula is C12H11F6N. The van der Waals surface area contributed by atoms with Gasteiger partial charge in [-0.15, -0.1) is 0 Å². The fourth-order valence-corrected chi connectivity index (χ4v) is 2.23. The Morgan fingerprint density at radius 3 is 2.16 bits per heavy atom. The fraction of sp³-hybridized carbons (Fsp3) is 0.500. The molecule has 7 heteroatoms. The van der Waals surface area contributed by atoms with Gasteiger partial charge in [-0.3, -0.25) is 0 Å². The molecule has 1 saturated heterocycles. The summed E-state index contributed by atoms with van der Waals surface area (Å²) in [4.78, 5) is 0. The molecule has 0 bridgehead atoms. The molecule has 106 valence electrons. The molecular weight excluding hydrogens is 272 g/mol. The van der Waals surface area contributed by atoms with E-state index >= 15 is 0 Å². The summed E-state index contributed by atoms with van der Waals surface area (Å²) in [7, 11) is 0. The van der Waals surface area contributed by atoms with E-state index in [1.807, 2.05) is 0 Å². The normalized spacial score (nSPS) is 20.8. The maximum atomic E-state index is 12.9. The molecule has 19 heavy (non-hydrogen) atoms. The van der Waals surface area contributed by atoms with Crippen molar-refractivity contribution in [3.8, 4) is 0 Å². The Kier molecular flexibility index (Phi) is 3.51. The van der Waals surface area contributed by atoms with Crippen molar-refractivity contribution in [1.29, 1.82) is 0 Å². The van der Waals surface area contributed by atoms with Gasteiger partial charge in [0.2, 0.25) is 0 Å². The van der Waals surface area contributed by atoms with E-state index in [0.717, 1.165) is 6.07 Å². The van der Waals surface area contributed by atoms with Crippen LogP contribution in [0, 0.1) is 0 Å². The Bertz CT molecular complexity index is 456. The molecule has 1 aliphatic rings. The average Bonchev–Trinajstić information content (AvgIpc) is 2.79. The summed E-state index contributed by atoms with van der Waals surface area (Å²) in [5.41, 5.74) is -2.60. The van der Waals surface area contributed by atoms with Crippen LogP contribution < -0.4 is 5.32 Å². The minimum atomic E-state index is -4.79. The van der Waals surface area contributed by atoms with Gasteiger partial charge in [0.1, 0.15) is 0 Å². The summed E-state index contributed by atoms with van der Waals surface area (Å²) in [6.07, 6.45) is -8.36. The predicted octanol–water partition coefficient (Wildman–Crippen LogP) is 4.15. The van der Waals surface area contributed by atoms with Gasteiger partial charge in [0.05, 0.1) is 11.1 Å². The van der Waals surface area contributed by atoms with Crippen molar-refractivity contribution in [1.82, 2.24) is 5.32 Å². The van der Waals surface area contributed by atoms with Gasteiger partial charge in [-0.05, 0) is 37.1 Å². The van der Waals surface area contributed by atoms with Crippen LogP contribution in [0.2, 0.25) is 0 Å². The zero-order valence-electron chi connectivity index (χ0n) is 9.70. The smallest absolute Gasteiger partial charge is 0.310 e. The molecule has 1 fully saturated rings. The molecule has 0 saturated carbocycles. The second-order valence-corrected chi connectivity index (χ2v) is 4.45. The highest BCUT2D eigenvalue weighted by Gasteiger charge is 2.39. The predicted molar refractivity (Wildman–Crippen MR) is 56.4 cm³/mol. The molecule has 1 aliphatic heterocycles. The maximum absolute atomic E-state index is 12.9. The molecule has 1 N–H and O–H groups in total. The minimum absolute atomic E-state index is 0.113. The first-order chi connectivity index (χ1) is 8.69. The van der Waals surface area contributed by atoms with Crippen LogP contribution in [0.1, 0.15) is 35.6 Å². The number of benzene rings is 1. The van der Waals surface area contributed by atoms with E-state index in [1.165, 1.54) is 0 Å². The molecule has 1 atom stereocenters. The Morgan fingerprint density at radius 2 is 1.68 bits per heavy atom. The van der Waals surface area contributed by atoms with Gasteiger partial charge in [0, 0.05) is 6.04 Å². The van der Waals surface area contributed by atoms with E-state index in [9.17, 15) is 26.3 Å². The first-order valence-electron chi connectivity index (χ1n) is 5.71. The van der Waals surface area contributed by atoms with E-state index in [2.05, 4.69) is 5.32 Å². The Labute approximate surface area is 105 Å². The highest BCUT2D eigenvalue weighted by Crippen LogP contribution is 2.40. The number of hydrogen-bond acceptors (Lipinski definition) is 1. The lowest BCUT2D eigenvalue weighted by atomic mass is 9.96. The van der Waals surface area contributed by atoms with Crippen LogP contribution in [-0.4, -0.2) is 6.54 Å². The zero-order valence-corrected chi connectivity index (χ0v) is 9.70. The van der Waals surface area contributed by atoms with Crippen molar-refractivity contribution in [2.45, 2.75) is 31.2 Å². The summed E-state index contributed by atoms with van der Waals surface area (Å²) in [6, 6.07) is 1.29. The van der Waals surface area contributed by atoms with Crippen LogP contribution in [0.25, 0.3) is 0 Å². The molecule has 0 amide bonds. The van der Waals surface area contributed by atoms with Gasteiger partial charge < -0.3 is 5.32 Å². The molecule has 0 radical (unpaired) electrons. The van der Waals surface area contributed by atoms with Crippen molar-refractivity contribution in [3.63, 3.8) is 0 Å².